The predicted molar refractivity (Wildman–Crippen MR) is 94.4 cm³/mol. The molecule has 3 aromatic rings. The summed E-state index contributed by atoms with van der Waals surface area (Å²) in [5.41, 5.74) is 4.28. The number of ether oxygens (including phenoxy) is 1. The number of aryl methyl sites for hydroxylation is 2. The molecule has 0 N–H and O–H groups in total. The van der Waals surface area contributed by atoms with Crippen LogP contribution in [0.25, 0.3) is 11.1 Å². The lowest BCUT2D eigenvalue weighted by Gasteiger charge is -2.18. The third-order valence-electron chi connectivity index (χ3n) is 4.33. The number of hydrogen-bond donors (Lipinski definition) is 0. The molecule has 0 bridgehead atoms. The molecular weight excluding hydrogens is 302 g/mol. The number of benzene rings is 2. The molecule has 5 nitrogen and oxygen atoms in total. The molecule has 0 radical (unpaired) electrons. The van der Waals surface area contributed by atoms with Gasteiger partial charge >= 0.3 is 11.7 Å². The fourth-order valence-corrected chi connectivity index (χ4v) is 2.97. The summed E-state index contributed by atoms with van der Waals surface area (Å²) < 4.78 is 8.15. The Balaban J connectivity index is 2.11. The fourth-order valence-electron chi connectivity index (χ4n) is 2.97. The van der Waals surface area contributed by atoms with Gasteiger partial charge in [0.05, 0.1) is 13.2 Å². The molecule has 124 valence electrons. The Kier molecular flexibility index (Phi) is 4.25. The van der Waals surface area contributed by atoms with Crippen LogP contribution in [0, 0.1) is 6.92 Å². The maximum absolute atomic E-state index is 12.4. The van der Waals surface area contributed by atoms with Crippen molar-refractivity contribution in [2.45, 2.75) is 19.9 Å². The van der Waals surface area contributed by atoms with Gasteiger partial charge in [-0.15, -0.1) is 5.10 Å². The summed E-state index contributed by atoms with van der Waals surface area (Å²) >= 11 is 0. The van der Waals surface area contributed by atoms with Gasteiger partial charge in [-0.3, -0.25) is 0 Å². The van der Waals surface area contributed by atoms with Crippen LogP contribution in [0.5, 0.6) is 6.01 Å². The molecule has 5 heteroatoms. The maximum atomic E-state index is 12.4. The van der Waals surface area contributed by atoms with Gasteiger partial charge in [0.25, 0.3) is 0 Å². The Morgan fingerprint density at radius 1 is 1.08 bits per heavy atom. The van der Waals surface area contributed by atoms with Gasteiger partial charge in [0, 0.05) is 7.05 Å². The minimum Gasteiger partial charge on any atom is -0.467 e. The highest BCUT2D eigenvalue weighted by molar-refractivity contribution is 5.65. The van der Waals surface area contributed by atoms with Crippen molar-refractivity contribution in [3.63, 3.8) is 0 Å². The molecule has 2 aromatic carbocycles. The second-order valence-electron chi connectivity index (χ2n) is 5.88. The maximum Gasteiger partial charge on any atom is 0.349 e. The molecule has 1 aromatic heterocycles. The third kappa shape index (κ3) is 2.73. The van der Waals surface area contributed by atoms with Gasteiger partial charge in [-0.25, -0.2) is 14.0 Å². The monoisotopic (exact) mass is 323 g/mol. The van der Waals surface area contributed by atoms with E-state index >= 15 is 0 Å². The number of hydrogen-bond acceptors (Lipinski definition) is 3. The molecule has 0 aliphatic rings. The van der Waals surface area contributed by atoms with Crippen molar-refractivity contribution in [3.8, 4) is 17.1 Å². The average Bonchev–Trinajstić information content (AvgIpc) is 2.90. The van der Waals surface area contributed by atoms with E-state index in [1.54, 1.807) is 11.6 Å². The van der Waals surface area contributed by atoms with E-state index in [0.717, 1.165) is 22.3 Å². The largest absolute Gasteiger partial charge is 0.467 e. The van der Waals surface area contributed by atoms with E-state index in [-0.39, 0.29) is 11.7 Å². The first-order valence-electron chi connectivity index (χ1n) is 7.88. The Labute approximate surface area is 141 Å². The van der Waals surface area contributed by atoms with Gasteiger partial charge in [-0.2, -0.15) is 0 Å². The number of methoxy groups -OCH3 is 1. The molecule has 0 saturated heterocycles. The molecule has 3 rings (SSSR count). The van der Waals surface area contributed by atoms with Crippen molar-refractivity contribution in [1.29, 1.82) is 0 Å². The highest BCUT2D eigenvalue weighted by Crippen LogP contribution is 2.28. The van der Waals surface area contributed by atoms with Crippen LogP contribution in [-0.2, 0) is 7.05 Å². The van der Waals surface area contributed by atoms with Crippen LogP contribution in [0.4, 0.5) is 0 Å². The van der Waals surface area contributed by atoms with Gasteiger partial charge in [0.15, 0.2) is 0 Å². The molecule has 0 aliphatic heterocycles. The number of nitrogens with zero attached hydrogens (tertiary/aromatic N) is 3. The standard InChI is InChI=1S/C19H21N3O2/c1-13-10-11-16(15-8-6-5-7-9-15)12-17(13)14(2)22-18(24-4)20-21(3)19(22)23/h5-12,14H,1-4H3. The fraction of sp³-hybridized carbons (Fsp3) is 0.263. The van der Waals surface area contributed by atoms with Crippen LogP contribution in [-0.4, -0.2) is 21.5 Å². The summed E-state index contributed by atoms with van der Waals surface area (Å²) in [5, 5.41) is 4.13. The van der Waals surface area contributed by atoms with Gasteiger partial charge in [0.1, 0.15) is 0 Å². The van der Waals surface area contributed by atoms with Crippen molar-refractivity contribution in [2.24, 2.45) is 7.05 Å². The Morgan fingerprint density at radius 2 is 1.79 bits per heavy atom. The zero-order valence-electron chi connectivity index (χ0n) is 14.4. The molecule has 1 unspecified atom stereocenters. The lowest BCUT2D eigenvalue weighted by molar-refractivity contribution is 0.346. The second-order valence-corrected chi connectivity index (χ2v) is 5.88. The minimum absolute atomic E-state index is 0.176. The summed E-state index contributed by atoms with van der Waals surface area (Å²) in [6.45, 7) is 4.04. The first-order chi connectivity index (χ1) is 11.5. The summed E-state index contributed by atoms with van der Waals surface area (Å²) in [7, 11) is 3.15. The molecule has 1 heterocycles. The Bertz CT molecular complexity index is 910. The quantitative estimate of drug-likeness (QED) is 0.741. The summed E-state index contributed by atoms with van der Waals surface area (Å²) in [6.07, 6.45) is 0. The van der Waals surface area contributed by atoms with Crippen LogP contribution >= 0.6 is 0 Å². The normalized spacial score (nSPS) is 12.2. The first kappa shape index (κ1) is 16.1. The summed E-state index contributed by atoms with van der Waals surface area (Å²) in [6, 6.07) is 16.7. The lowest BCUT2D eigenvalue weighted by Crippen LogP contribution is -2.26. The average molecular weight is 323 g/mol. The van der Waals surface area contributed by atoms with Crippen LogP contribution in [0.15, 0.2) is 53.3 Å². The third-order valence-corrected chi connectivity index (χ3v) is 4.33. The highest BCUT2D eigenvalue weighted by atomic mass is 16.5. The molecule has 0 fully saturated rings. The molecule has 0 saturated carbocycles. The van der Waals surface area contributed by atoms with Crippen molar-refractivity contribution in [2.75, 3.05) is 7.11 Å². The topological polar surface area (TPSA) is 49.1 Å². The zero-order valence-corrected chi connectivity index (χ0v) is 14.4. The summed E-state index contributed by atoms with van der Waals surface area (Å²) in [5.74, 6) is 0. The highest BCUT2D eigenvalue weighted by Gasteiger charge is 2.20. The van der Waals surface area contributed by atoms with E-state index in [0.29, 0.717) is 6.01 Å². The van der Waals surface area contributed by atoms with Gasteiger partial charge in [-0.05, 0) is 42.2 Å². The van der Waals surface area contributed by atoms with Crippen LogP contribution in [0.3, 0.4) is 0 Å². The van der Waals surface area contributed by atoms with Crippen molar-refractivity contribution in [1.82, 2.24) is 14.3 Å². The van der Waals surface area contributed by atoms with E-state index < -0.39 is 0 Å². The Hall–Kier alpha value is -2.82. The number of rotatable bonds is 4. The van der Waals surface area contributed by atoms with Crippen LogP contribution in [0.2, 0.25) is 0 Å². The van der Waals surface area contributed by atoms with Gasteiger partial charge in [0.2, 0.25) is 0 Å². The van der Waals surface area contributed by atoms with Gasteiger partial charge < -0.3 is 4.74 Å². The minimum atomic E-state index is -0.191. The van der Waals surface area contributed by atoms with Crippen molar-refractivity contribution in [3.05, 3.63) is 70.1 Å². The molecule has 24 heavy (non-hydrogen) atoms. The first-order valence-corrected chi connectivity index (χ1v) is 7.88. The van der Waals surface area contributed by atoms with E-state index in [9.17, 15) is 4.79 Å². The van der Waals surface area contributed by atoms with Crippen molar-refractivity contribution >= 4 is 0 Å². The van der Waals surface area contributed by atoms with E-state index in [1.165, 1.54) is 11.8 Å². The number of aromatic nitrogens is 3. The van der Waals surface area contributed by atoms with E-state index in [1.807, 2.05) is 25.1 Å². The summed E-state index contributed by atoms with van der Waals surface area (Å²) in [4.78, 5) is 12.4. The van der Waals surface area contributed by atoms with Gasteiger partial charge in [-0.1, -0.05) is 42.5 Å². The van der Waals surface area contributed by atoms with Crippen LogP contribution in [0.1, 0.15) is 24.1 Å². The molecule has 0 amide bonds. The predicted octanol–water partition coefficient (Wildman–Crippen LogP) is 3.18. The molecular formula is C19H21N3O2. The SMILES string of the molecule is COc1nn(C)c(=O)n1C(C)c1cc(-c2ccccc2)ccc1C. The zero-order chi connectivity index (χ0) is 17.3. The molecule has 0 aliphatic carbocycles. The van der Waals surface area contributed by atoms with Crippen molar-refractivity contribution < 1.29 is 4.74 Å². The van der Waals surface area contributed by atoms with E-state index in [2.05, 4.69) is 42.4 Å². The second kappa shape index (κ2) is 6.35. The molecule has 0 spiro atoms. The smallest absolute Gasteiger partial charge is 0.349 e. The molecule has 1 atom stereocenters. The Morgan fingerprint density at radius 3 is 2.46 bits per heavy atom. The van der Waals surface area contributed by atoms with E-state index in [4.69, 9.17) is 4.74 Å². The lowest BCUT2D eigenvalue weighted by atomic mass is 9.96. The van der Waals surface area contributed by atoms with Crippen LogP contribution < -0.4 is 10.4 Å².